The van der Waals surface area contributed by atoms with Gasteiger partial charge < -0.3 is 5.11 Å². The molecule has 0 aromatic heterocycles. The smallest absolute Gasteiger partial charge is 0.0542 e. The SMILES string of the molecule is CC1CC[C@@H](O)C1. The van der Waals surface area contributed by atoms with Crippen LogP contribution in [0.25, 0.3) is 0 Å². The molecular formula is C6H12O. The predicted octanol–water partition coefficient (Wildman–Crippen LogP) is 1.17. The predicted molar refractivity (Wildman–Crippen MR) is 29.0 cm³/mol. The van der Waals surface area contributed by atoms with Crippen LogP contribution in [-0.4, -0.2) is 11.2 Å². The van der Waals surface area contributed by atoms with Gasteiger partial charge in [-0.3, -0.25) is 0 Å². The van der Waals surface area contributed by atoms with E-state index < -0.39 is 0 Å². The van der Waals surface area contributed by atoms with Gasteiger partial charge in [0, 0.05) is 0 Å². The highest BCUT2D eigenvalue weighted by Gasteiger charge is 2.17. The van der Waals surface area contributed by atoms with Crippen molar-refractivity contribution in [2.45, 2.75) is 32.3 Å². The fourth-order valence-corrected chi connectivity index (χ4v) is 1.18. The Bertz CT molecular complexity index is 53.2. The van der Waals surface area contributed by atoms with Gasteiger partial charge in [-0.25, -0.2) is 0 Å². The molecule has 1 nitrogen and oxygen atoms in total. The van der Waals surface area contributed by atoms with Gasteiger partial charge in [0.05, 0.1) is 6.10 Å². The van der Waals surface area contributed by atoms with Crippen molar-refractivity contribution in [3.05, 3.63) is 0 Å². The second kappa shape index (κ2) is 1.83. The fourth-order valence-electron chi connectivity index (χ4n) is 1.18. The summed E-state index contributed by atoms with van der Waals surface area (Å²) in [6.07, 6.45) is 3.30. The van der Waals surface area contributed by atoms with Crippen LogP contribution in [0.15, 0.2) is 0 Å². The molecule has 1 rings (SSSR count). The molecule has 1 saturated carbocycles. The Morgan fingerprint density at radius 3 is 2.29 bits per heavy atom. The number of hydrogen-bond acceptors (Lipinski definition) is 1. The van der Waals surface area contributed by atoms with Crippen molar-refractivity contribution >= 4 is 0 Å². The van der Waals surface area contributed by atoms with Gasteiger partial charge in [0.25, 0.3) is 0 Å². The molecule has 1 aliphatic rings. The third-order valence-corrected chi connectivity index (χ3v) is 1.67. The molecule has 7 heavy (non-hydrogen) atoms. The number of hydrogen-bond donors (Lipinski definition) is 1. The van der Waals surface area contributed by atoms with E-state index in [1.54, 1.807) is 0 Å². The van der Waals surface area contributed by atoms with E-state index in [9.17, 15) is 0 Å². The maximum atomic E-state index is 8.90. The van der Waals surface area contributed by atoms with Gasteiger partial charge >= 0.3 is 0 Å². The molecule has 0 bridgehead atoms. The van der Waals surface area contributed by atoms with Gasteiger partial charge in [-0.1, -0.05) is 6.92 Å². The summed E-state index contributed by atoms with van der Waals surface area (Å²) in [5, 5.41) is 8.90. The maximum Gasteiger partial charge on any atom is 0.0542 e. The number of aliphatic hydroxyl groups excluding tert-OH is 1. The van der Waals surface area contributed by atoms with Crippen molar-refractivity contribution in [2.24, 2.45) is 5.92 Å². The summed E-state index contributed by atoms with van der Waals surface area (Å²) in [4.78, 5) is 0. The molecule has 42 valence electrons. The largest absolute Gasteiger partial charge is 0.393 e. The van der Waals surface area contributed by atoms with Gasteiger partial charge in [-0.15, -0.1) is 0 Å². The molecule has 1 heteroatoms. The minimum absolute atomic E-state index is 0.0231. The van der Waals surface area contributed by atoms with Gasteiger partial charge in [0.1, 0.15) is 0 Å². The molecule has 1 fully saturated rings. The zero-order chi connectivity index (χ0) is 5.28. The highest BCUT2D eigenvalue weighted by atomic mass is 16.3. The first-order chi connectivity index (χ1) is 3.29. The lowest BCUT2D eigenvalue weighted by molar-refractivity contribution is 0.179. The van der Waals surface area contributed by atoms with Crippen LogP contribution in [0.4, 0.5) is 0 Å². The maximum absolute atomic E-state index is 8.90. The molecule has 0 aliphatic heterocycles. The third kappa shape index (κ3) is 1.16. The summed E-state index contributed by atoms with van der Waals surface area (Å²) in [5.74, 6) is 0.773. The number of aliphatic hydroxyl groups is 1. The first-order valence-corrected chi connectivity index (χ1v) is 2.97. The summed E-state index contributed by atoms with van der Waals surface area (Å²) in [6.45, 7) is 2.19. The normalized spacial score (nSPS) is 42.0. The van der Waals surface area contributed by atoms with Crippen molar-refractivity contribution in [1.29, 1.82) is 0 Å². The van der Waals surface area contributed by atoms with Crippen LogP contribution in [0.2, 0.25) is 0 Å². The molecule has 0 radical (unpaired) electrons. The molecule has 0 heterocycles. The minimum Gasteiger partial charge on any atom is -0.393 e. The van der Waals surface area contributed by atoms with Crippen LogP contribution in [0.3, 0.4) is 0 Å². The van der Waals surface area contributed by atoms with E-state index in [0.29, 0.717) is 0 Å². The van der Waals surface area contributed by atoms with Crippen molar-refractivity contribution in [3.63, 3.8) is 0 Å². The zero-order valence-corrected chi connectivity index (χ0v) is 4.72. The Labute approximate surface area is 44.4 Å². The first-order valence-electron chi connectivity index (χ1n) is 2.97. The Kier molecular flexibility index (Phi) is 1.33. The second-order valence-corrected chi connectivity index (χ2v) is 2.57. The summed E-state index contributed by atoms with van der Waals surface area (Å²) in [5.41, 5.74) is 0. The molecule has 0 aromatic carbocycles. The second-order valence-electron chi connectivity index (χ2n) is 2.57. The van der Waals surface area contributed by atoms with E-state index in [1.807, 2.05) is 0 Å². The quantitative estimate of drug-likeness (QED) is 0.484. The molecule has 1 N–H and O–H groups in total. The van der Waals surface area contributed by atoms with E-state index in [2.05, 4.69) is 6.92 Å². The van der Waals surface area contributed by atoms with E-state index >= 15 is 0 Å². The topological polar surface area (TPSA) is 20.2 Å². The van der Waals surface area contributed by atoms with Gasteiger partial charge in [-0.2, -0.15) is 0 Å². The lowest BCUT2D eigenvalue weighted by Crippen LogP contribution is -1.97. The lowest BCUT2D eigenvalue weighted by Gasteiger charge is -1.95. The summed E-state index contributed by atoms with van der Waals surface area (Å²) in [6, 6.07) is 0. The summed E-state index contributed by atoms with van der Waals surface area (Å²) < 4.78 is 0. The Balaban J connectivity index is 2.26. The van der Waals surface area contributed by atoms with E-state index in [-0.39, 0.29) is 6.10 Å². The Morgan fingerprint density at radius 2 is 2.14 bits per heavy atom. The first kappa shape index (κ1) is 5.10. The number of rotatable bonds is 0. The highest BCUT2D eigenvalue weighted by molar-refractivity contribution is 4.70. The van der Waals surface area contributed by atoms with Crippen LogP contribution in [-0.2, 0) is 0 Å². The van der Waals surface area contributed by atoms with E-state index in [4.69, 9.17) is 5.11 Å². The fraction of sp³-hybridized carbons (Fsp3) is 1.00. The van der Waals surface area contributed by atoms with Crippen molar-refractivity contribution in [1.82, 2.24) is 0 Å². The van der Waals surface area contributed by atoms with Crippen molar-refractivity contribution in [3.8, 4) is 0 Å². The standard InChI is InChI=1S/C6H12O/c1-5-2-3-6(7)4-5/h5-7H,2-4H2,1H3/t5?,6-/m1/s1. The molecule has 0 spiro atoms. The minimum atomic E-state index is 0.0231. The molecule has 2 atom stereocenters. The summed E-state index contributed by atoms with van der Waals surface area (Å²) >= 11 is 0. The monoisotopic (exact) mass is 100 g/mol. The average Bonchev–Trinajstić information content (AvgIpc) is 1.87. The average molecular weight is 100 g/mol. The lowest BCUT2D eigenvalue weighted by atomic mass is 10.1. The van der Waals surface area contributed by atoms with E-state index in [1.165, 1.54) is 6.42 Å². The molecular weight excluding hydrogens is 88.1 g/mol. The Morgan fingerprint density at radius 1 is 1.43 bits per heavy atom. The van der Waals surface area contributed by atoms with Crippen molar-refractivity contribution < 1.29 is 5.11 Å². The van der Waals surface area contributed by atoms with Gasteiger partial charge in [-0.05, 0) is 25.2 Å². The Hall–Kier alpha value is -0.0400. The third-order valence-electron chi connectivity index (χ3n) is 1.67. The van der Waals surface area contributed by atoms with Crippen LogP contribution in [0.5, 0.6) is 0 Å². The van der Waals surface area contributed by atoms with E-state index in [0.717, 1.165) is 18.8 Å². The molecule has 1 unspecified atom stereocenters. The molecule has 0 aromatic rings. The van der Waals surface area contributed by atoms with Crippen molar-refractivity contribution in [2.75, 3.05) is 0 Å². The van der Waals surface area contributed by atoms with Crippen LogP contribution in [0.1, 0.15) is 26.2 Å². The zero-order valence-electron chi connectivity index (χ0n) is 4.72. The van der Waals surface area contributed by atoms with Gasteiger partial charge in [0.2, 0.25) is 0 Å². The van der Waals surface area contributed by atoms with Gasteiger partial charge in [0.15, 0.2) is 0 Å². The van der Waals surface area contributed by atoms with Crippen LogP contribution < -0.4 is 0 Å². The molecule has 1 aliphatic carbocycles. The van der Waals surface area contributed by atoms with Crippen LogP contribution >= 0.6 is 0 Å². The molecule has 0 amide bonds. The van der Waals surface area contributed by atoms with Crippen LogP contribution in [0, 0.1) is 5.92 Å². The molecule has 0 saturated heterocycles. The summed E-state index contributed by atoms with van der Waals surface area (Å²) in [7, 11) is 0. The highest BCUT2D eigenvalue weighted by Crippen LogP contribution is 2.23.